The molecule has 0 aromatic carbocycles. The first-order chi connectivity index (χ1) is 26.2. The quantitative estimate of drug-likeness (QED) is 0.140. The minimum atomic E-state index is -1.75. The third-order valence-electron chi connectivity index (χ3n) is 4.35. The summed E-state index contributed by atoms with van der Waals surface area (Å²) in [6.07, 6.45) is 0. The van der Waals surface area contributed by atoms with E-state index in [9.17, 15) is 28.8 Å². The first kappa shape index (κ1) is 74.0. The monoisotopic (exact) mass is 1090 g/mol. The number of likely N-dealkylation sites (N-methyl/N-ethyl adjacent to an activating group) is 6. The van der Waals surface area contributed by atoms with Crippen LogP contribution in [0.1, 0.15) is 6.92 Å². The molecule has 0 aromatic heterocycles. The molecule has 59 heavy (non-hydrogen) atoms. The predicted molar refractivity (Wildman–Crippen MR) is 197 cm³/mol. The van der Waals surface area contributed by atoms with Gasteiger partial charge < -0.3 is 105 Å². The summed E-state index contributed by atoms with van der Waals surface area (Å²) in [5.74, 6) is -0.880. The van der Waals surface area contributed by atoms with Crippen LogP contribution in [-0.4, -0.2) is 209 Å². The van der Waals surface area contributed by atoms with E-state index in [0.29, 0.717) is 0 Å². The van der Waals surface area contributed by atoms with Gasteiger partial charge in [-0.2, -0.15) is 5.26 Å². The SMILES string of the molecule is CC#N.CN(C)C(=O)COCC(=O)N(C)C.CN(C)C(=O)COCC(=O)N(C)C.CN(C)C(=O)COCC(=O)N(C)C.O=[N+]([O-])[O-].O=[N+]([O-])[O-].O=[N+]([O-])[O-].O=[N+]([O-])[O-].[Pu]. The molecule has 0 bridgehead atoms. The second kappa shape index (κ2) is 50.0. The Bertz CT molecular complexity index is 1030. The number of hydrogen-bond donors (Lipinski definition) is 0. The fraction of sp³-hybridized carbons (Fsp3) is 0.731. The average Bonchev–Trinajstić information content (AvgIpc) is 3.04. The van der Waals surface area contributed by atoms with Crippen LogP contribution in [-0.2, 0) is 43.0 Å². The van der Waals surface area contributed by atoms with E-state index in [1.807, 2.05) is 0 Å². The Morgan fingerprint density at radius 2 is 0.458 bits per heavy atom. The molecule has 0 aliphatic heterocycles. The first-order valence-corrected chi connectivity index (χ1v) is 14.7. The van der Waals surface area contributed by atoms with Gasteiger partial charge in [0, 0.05) is 121 Å². The van der Waals surface area contributed by atoms with Crippen molar-refractivity contribution in [2.45, 2.75) is 6.92 Å². The molecule has 32 nitrogen and oxygen atoms in total. The number of carbonyl (C=O) groups is 6. The van der Waals surface area contributed by atoms with Crippen LogP contribution in [0.3, 0.4) is 0 Å². The summed E-state index contributed by atoms with van der Waals surface area (Å²) < 4.78 is 14.7. The smallest absolute Gasteiger partial charge is 0.248 e. The Kier molecular flexibility index (Phi) is 62.7. The van der Waals surface area contributed by atoms with Crippen molar-refractivity contribution in [3.05, 3.63) is 61.3 Å². The third-order valence-corrected chi connectivity index (χ3v) is 4.35. The molecule has 0 aromatic rings. The topological polar surface area (TPSA) is 438 Å². The summed E-state index contributed by atoms with van der Waals surface area (Å²) in [6.45, 7) is 1.14. The van der Waals surface area contributed by atoms with Gasteiger partial charge in [0.15, 0.2) is 0 Å². The van der Waals surface area contributed by atoms with Crippen LogP contribution >= 0.6 is 0 Å². The maximum atomic E-state index is 11.0. The van der Waals surface area contributed by atoms with E-state index < -0.39 is 20.3 Å². The molecule has 0 N–H and O–H groups in total. The van der Waals surface area contributed by atoms with Crippen molar-refractivity contribution in [2.24, 2.45) is 0 Å². The van der Waals surface area contributed by atoms with Gasteiger partial charge in [-0.1, -0.05) is 0 Å². The summed E-state index contributed by atoms with van der Waals surface area (Å²) in [6, 6.07) is 1.75. The zero-order chi connectivity index (χ0) is 48.3. The van der Waals surface area contributed by atoms with Crippen LogP contribution in [0.15, 0.2) is 0 Å². The zero-order valence-electron chi connectivity index (χ0n) is 34.6. The van der Waals surface area contributed by atoms with E-state index >= 15 is 0 Å². The number of nitrogens with zero attached hydrogens (tertiary/aromatic N) is 11. The number of nitriles is 1. The van der Waals surface area contributed by atoms with Gasteiger partial charge in [-0.3, -0.25) is 28.8 Å². The zero-order valence-corrected chi connectivity index (χ0v) is 38.0. The Hall–Kier alpha value is -6.02. The van der Waals surface area contributed by atoms with Gasteiger partial charge in [0.05, 0.1) is 26.4 Å². The molecule has 0 atom stereocenters. The molecule has 0 radical (unpaired) electrons. The molecule has 0 aliphatic carbocycles. The largest absolute Gasteiger partial charge is 0.362 e. The third kappa shape index (κ3) is 100. The van der Waals surface area contributed by atoms with Gasteiger partial charge in [-0.25, -0.2) is 0 Å². The number of ether oxygens (including phenoxy) is 3. The van der Waals surface area contributed by atoms with Crippen LogP contribution in [0.5, 0.6) is 0 Å². The van der Waals surface area contributed by atoms with Crippen molar-refractivity contribution in [3.8, 4) is 6.07 Å². The van der Waals surface area contributed by atoms with E-state index in [4.69, 9.17) is 80.8 Å². The molecule has 33 heteroatoms. The molecule has 0 fully saturated rings. The van der Waals surface area contributed by atoms with E-state index in [1.54, 1.807) is 90.6 Å². The summed E-state index contributed by atoms with van der Waals surface area (Å²) >= 11 is 0. The van der Waals surface area contributed by atoms with Crippen molar-refractivity contribution < 1.29 is 92.5 Å². The maximum Gasteiger partial charge on any atom is 0.248 e. The normalized spacial score (nSPS) is 8.07. The molecule has 0 rings (SSSR count). The summed E-state index contributed by atoms with van der Waals surface area (Å²) in [5, 5.41) is 66.3. The Morgan fingerprint density at radius 3 is 0.508 bits per heavy atom. The van der Waals surface area contributed by atoms with Crippen LogP contribution in [0.4, 0.5) is 0 Å². The Labute approximate surface area is 360 Å². The molecule has 6 amide bonds. The fourth-order valence-corrected chi connectivity index (χ4v) is 1.45. The second-order valence-corrected chi connectivity index (χ2v) is 10.3. The predicted octanol–water partition coefficient (Wildman–Crippen LogP) is -2.89. The van der Waals surface area contributed by atoms with Gasteiger partial charge in [-0.15, -0.1) is 0 Å². The van der Waals surface area contributed by atoms with Gasteiger partial charge >= 0.3 is 0 Å². The van der Waals surface area contributed by atoms with E-state index in [-0.39, 0.29) is 104 Å². The van der Waals surface area contributed by atoms with Crippen LogP contribution in [0.2, 0.25) is 0 Å². The average molecular weight is 1100 g/mol. The van der Waals surface area contributed by atoms with Crippen LogP contribution in [0.25, 0.3) is 0 Å². The molecule has 0 saturated heterocycles. The molecule has 0 aliphatic rings. The summed E-state index contributed by atoms with van der Waals surface area (Å²) in [4.78, 5) is 107. The van der Waals surface area contributed by atoms with Crippen molar-refractivity contribution in [1.82, 2.24) is 29.4 Å². The first-order valence-electron chi connectivity index (χ1n) is 14.7. The standard InChI is InChI=1S/3C8H16N2O3.C2H3N.4NO3.Pu/c3*1-9(2)7(11)5-13-6-8(12)10(3)4;1-2-3;4*2-1(3)4;/h3*5-6H2,1-4H3;1H3;;;;;/q;;;;4*-1;. The van der Waals surface area contributed by atoms with Crippen LogP contribution in [0, 0.1) is 102 Å². The fourth-order valence-electron chi connectivity index (χ4n) is 1.45. The van der Waals surface area contributed by atoms with Crippen molar-refractivity contribution >= 4 is 35.4 Å². The van der Waals surface area contributed by atoms with Crippen molar-refractivity contribution in [2.75, 3.05) is 124 Å². The Balaban J connectivity index is -0.0000000740. The van der Waals surface area contributed by atoms with Gasteiger partial charge in [0.25, 0.3) is 0 Å². The molecule has 0 unspecified atom stereocenters. The van der Waals surface area contributed by atoms with Gasteiger partial charge in [0.1, 0.15) is 39.6 Å². The minimum Gasteiger partial charge on any atom is -0.362 e. The van der Waals surface area contributed by atoms with Gasteiger partial charge in [0.2, 0.25) is 35.4 Å². The minimum absolute atomic E-state index is 0. The van der Waals surface area contributed by atoms with E-state index in [2.05, 4.69) is 0 Å². The Morgan fingerprint density at radius 1 is 0.390 bits per heavy atom. The second-order valence-electron chi connectivity index (χ2n) is 10.3. The maximum absolute atomic E-state index is 11.0. The molecular formula is C26H51N11O21Pu-4. The van der Waals surface area contributed by atoms with Crippen molar-refractivity contribution in [3.63, 3.8) is 0 Å². The number of hydrogen-bond acceptors (Lipinski definition) is 22. The molecule has 0 heterocycles. The van der Waals surface area contributed by atoms with E-state index in [0.717, 1.165) is 0 Å². The molecule has 346 valence electrons. The summed E-state index contributed by atoms with van der Waals surface area (Å²) in [7, 11) is 19.7. The number of amides is 6. The molecule has 0 saturated carbocycles. The molecular weight excluding hydrogens is 1050 g/mol. The van der Waals surface area contributed by atoms with Crippen molar-refractivity contribution in [1.29, 1.82) is 5.26 Å². The summed E-state index contributed by atoms with van der Waals surface area (Å²) in [5.41, 5.74) is 0. The van der Waals surface area contributed by atoms with Crippen LogP contribution < -0.4 is 0 Å². The van der Waals surface area contributed by atoms with Gasteiger partial charge in [-0.05, 0) is 0 Å². The molecule has 0 spiro atoms. The number of carbonyl (C=O) groups excluding carboxylic acids is 6. The number of rotatable bonds is 12. The van der Waals surface area contributed by atoms with E-state index in [1.165, 1.54) is 36.3 Å².